The molecule has 0 bridgehead atoms. The molecule has 1 aliphatic rings. The van der Waals surface area contributed by atoms with E-state index in [4.69, 9.17) is 4.74 Å². The first-order chi connectivity index (χ1) is 14.0. The third kappa shape index (κ3) is 5.21. The van der Waals surface area contributed by atoms with Crippen LogP contribution in [0.5, 0.6) is 0 Å². The van der Waals surface area contributed by atoms with E-state index in [1.54, 1.807) is 44.2 Å². The van der Waals surface area contributed by atoms with Gasteiger partial charge in [0.15, 0.2) is 0 Å². The number of halogens is 1. The molecule has 6 heteroatoms. The van der Waals surface area contributed by atoms with E-state index in [-0.39, 0.29) is 23.6 Å². The maximum atomic E-state index is 13.8. The van der Waals surface area contributed by atoms with E-state index in [2.05, 4.69) is 10.2 Å². The maximum Gasteiger partial charge on any atom is 0.338 e. The molecule has 0 spiro atoms. The van der Waals surface area contributed by atoms with Gasteiger partial charge in [-0.05, 0) is 63.5 Å². The van der Waals surface area contributed by atoms with Gasteiger partial charge in [-0.15, -0.1) is 0 Å². The lowest BCUT2D eigenvalue weighted by Crippen LogP contribution is -2.38. The Morgan fingerprint density at radius 2 is 1.86 bits per heavy atom. The molecule has 0 saturated carbocycles. The molecule has 2 aromatic rings. The van der Waals surface area contributed by atoms with Crippen molar-refractivity contribution in [1.29, 1.82) is 0 Å². The Kier molecular flexibility index (Phi) is 6.99. The number of piperidine rings is 1. The normalized spacial score (nSPS) is 15.1. The number of carbonyl (C=O) groups excluding carboxylic acids is 2. The van der Waals surface area contributed by atoms with E-state index < -0.39 is 0 Å². The fourth-order valence-electron chi connectivity index (χ4n) is 3.66. The van der Waals surface area contributed by atoms with Gasteiger partial charge in [0.2, 0.25) is 5.91 Å². The van der Waals surface area contributed by atoms with Crippen molar-refractivity contribution in [3.8, 4) is 0 Å². The Morgan fingerprint density at radius 1 is 1.14 bits per heavy atom. The van der Waals surface area contributed by atoms with Gasteiger partial charge < -0.3 is 10.1 Å². The van der Waals surface area contributed by atoms with Crippen LogP contribution in [0.2, 0.25) is 0 Å². The molecule has 0 aromatic heterocycles. The van der Waals surface area contributed by atoms with Crippen LogP contribution < -0.4 is 5.32 Å². The van der Waals surface area contributed by atoms with Crippen LogP contribution in [0.1, 0.15) is 41.3 Å². The van der Waals surface area contributed by atoms with Crippen LogP contribution >= 0.6 is 0 Å². The van der Waals surface area contributed by atoms with Crippen molar-refractivity contribution < 1.29 is 18.7 Å². The number of nitrogens with one attached hydrogen (secondary N) is 1. The van der Waals surface area contributed by atoms with Crippen LogP contribution in [-0.2, 0) is 16.1 Å². The Balaban J connectivity index is 1.57. The third-order valence-electron chi connectivity index (χ3n) is 5.40. The fraction of sp³-hybridized carbons (Fsp3) is 0.391. The zero-order valence-corrected chi connectivity index (χ0v) is 16.9. The molecule has 1 saturated heterocycles. The van der Waals surface area contributed by atoms with E-state index in [0.717, 1.165) is 25.9 Å². The molecular weight excluding hydrogens is 371 g/mol. The zero-order chi connectivity index (χ0) is 20.8. The SMILES string of the molecule is CCOC(=O)c1cccc(NC(=O)C2CCN(Cc3ccccc3F)CC2)c1C. The Morgan fingerprint density at radius 3 is 2.55 bits per heavy atom. The maximum absolute atomic E-state index is 13.8. The van der Waals surface area contributed by atoms with Gasteiger partial charge in [-0.2, -0.15) is 0 Å². The van der Waals surface area contributed by atoms with Gasteiger partial charge in [-0.25, -0.2) is 9.18 Å². The number of hydrogen-bond acceptors (Lipinski definition) is 4. The third-order valence-corrected chi connectivity index (χ3v) is 5.40. The van der Waals surface area contributed by atoms with E-state index in [0.29, 0.717) is 35.5 Å². The lowest BCUT2D eigenvalue weighted by atomic mass is 9.95. The van der Waals surface area contributed by atoms with Crippen molar-refractivity contribution in [1.82, 2.24) is 4.90 Å². The minimum atomic E-state index is -0.387. The number of anilines is 1. The summed E-state index contributed by atoms with van der Waals surface area (Å²) in [6.45, 7) is 5.92. The summed E-state index contributed by atoms with van der Waals surface area (Å²) in [6.07, 6.45) is 1.44. The van der Waals surface area contributed by atoms with Gasteiger partial charge in [-0.1, -0.05) is 24.3 Å². The van der Waals surface area contributed by atoms with Crippen LogP contribution in [0.25, 0.3) is 0 Å². The minimum Gasteiger partial charge on any atom is -0.462 e. The van der Waals surface area contributed by atoms with Crippen molar-refractivity contribution in [2.45, 2.75) is 33.2 Å². The highest BCUT2D eigenvalue weighted by atomic mass is 19.1. The average molecular weight is 398 g/mol. The summed E-state index contributed by atoms with van der Waals surface area (Å²) in [5, 5.41) is 2.97. The van der Waals surface area contributed by atoms with E-state index in [9.17, 15) is 14.0 Å². The lowest BCUT2D eigenvalue weighted by molar-refractivity contribution is -0.121. The predicted octanol–water partition coefficient (Wildman–Crippen LogP) is 4.16. The number of likely N-dealkylation sites (tertiary alicyclic amines) is 1. The molecule has 0 unspecified atom stereocenters. The van der Waals surface area contributed by atoms with E-state index >= 15 is 0 Å². The summed E-state index contributed by atoms with van der Waals surface area (Å²) in [5.74, 6) is -0.718. The van der Waals surface area contributed by atoms with Gasteiger partial charge in [0.25, 0.3) is 0 Å². The first-order valence-corrected chi connectivity index (χ1v) is 10.0. The summed E-state index contributed by atoms with van der Waals surface area (Å²) in [4.78, 5) is 27.0. The largest absolute Gasteiger partial charge is 0.462 e. The average Bonchev–Trinajstić information content (AvgIpc) is 2.72. The van der Waals surface area contributed by atoms with Crippen molar-refractivity contribution in [2.24, 2.45) is 5.92 Å². The molecule has 29 heavy (non-hydrogen) atoms. The highest BCUT2D eigenvalue weighted by molar-refractivity contribution is 5.97. The second kappa shape index (κ2) is 9.65. The van der Waals surface area contributed by atoms with E-state index in [1.807, 2.05) is 6.07 Å². The predicted molar refractivity (Wildman–Crippen MR) is 110 cm³/mol. The number of benzene rings is 2. The number of hydrogen-bond donors (Lipinski definition) is 1. The molecule has 1 N–H and O–H groups in total. The fourth-order valence-corrected chi connectivity index (χ4v) is 3.66. The van der Waals surface area contributed by atoms with Crippen molar-refractivity contribution in [3.63, 3.8) is 0 Å². The monoisotopic (exact) mass is 398 g/mol. The van der Waals surface area contributed by atoms with Crippen molar-refractivity contribution in [3.05, 3.63) is 65.0 Å². The lowest BCUT2D eigenvalue weighted by Gasteiger charge is -2.31. The van der Waals surface area contributed by atoms with Crippen LogP contribution in [0.15, 0.2) is 42.5 Å². The topological polar surface area (TPSA) is 58.6 Å². The second-order valence-corrected chi connectivity index (χ2v) is 7.33. The van der Waals surface area contributed by atoms with Gasteiger partial charge in [0.05, 0.1) is 12.2 Å². The number of esters is 1. The number of amides is 1. The Hall–Kier alpha value is -2.73. The van der Waals surface area contributed by atoms with Gasteiger partial charge >= 0.3 is 5.97 Å². The van der Waals surface area contributed by atoms with Crippen LogP contribution in [-0.4, -0.2) is 36.5 Å². The summed E-state index contributed by atoms with van der Waals surface area (Å²) >= 11 is 0. The van der Waals surface area contributed by atoms with Crippen LogP contribution in [0.4, 0.5) is 10.1 Å². The molecule has 1 aliphatic heterocycles. The summed E-state index contributed by atoms with van der Waals surface area (Å²) in [7, 11) is 0. The highest BCUT2D eigenvalue weighted by Crippen LogP contribution is 2.24. The van der Waals surface area contributed by atoms with Crippen LogP contribution in [0.3, 0.4) is 0 Å². The summed E-state index contributed by atoms with van der Waals surface area (Å²) in [5.41, 5.74) is 2.48. The first kappa shape index (κ1) is 21.0. The molecular formula is C23H27FN2O3. The van der Waals surface area contributed by atoms with Gasteiger partial charge in [0.1, 0.15) is 5.82 Å². The number of carbonyl (C=O) groups is 2. The van der Waals surface area contributed by atoms with Crippen molar-refractivity contribution >= 4 is 17.6 Å². The number of nitrogens with zero attached hydrogens (tertiary/aromatic N) is 1. The number of ether oxygens (including phenoxy) is 1. The molecule has 154 valence electrons. The molecule has 0 atom stereocenters. The molecule has 1 fully saturated rings. The standard InChI is InChI=1S/C23H27FN2O3/c1-3-29-23(28)19-8-6-10-21(16(19)2)25-22(27)17-11-13-26(14-12-17)15-18-7-4-5-9-20(18)24/h4-10,17H,3,11-15H2,1-2H3,(H,25,27). The van der Waals surface area contributed by atoms with Gasteiger partial charge in [-0.3, -0.25) is 9.69 Å². The van der Waals surface area contributed by atoms with E-state index in [1.165, 1.54) is 6.07 Å². The second-order valence-electron chi connectivity index (χ2n) is 7.33. The van der Waals surface area contributed by atoms with Crippen LogP contribution in [0, 0.1) is 18.7 Å². The quantitative estimate of drug-likeness (QED) is 0.743. The molecule has 0 radical (unpaired) electrons. The summed E-state index contributed by atoms with van der Waals surface area (Å²) < 4.78 is 18.9. The molecule has 1 amide bonds. The first-order valence-electron chi connectivity index (χ1n) is 10.0. The highest BCUT2D eigenvalue weighted by Gasteiger charge is 2.26. The Labute approximate surface area is 170 Å². The molecule has 2 aromatic carbocycles. The minimum absolute atomic E-state index is 0.0420. The molecule has 3 rings (SSSR count). The Bertz CT molecular complexity index is 876. The zero-order valence-electron chi connectivity index (χ0n) is 16.9. The summed E-state index contributed by atoms with van der Waals surface area (Å²) in [6, 6.07) is 12.0. The molecule has 0 aliphatic carbocycles. The molecule has 5 nitrogen and oxygen atoms in total. The smallest absolute Gasteiger partial charge is 0.338 e. The van der Waals surface area contributed by atoms with Gasteiger partial charge in [0, 0.05) is 23.7 Å². The number of rotatable bonds is 6. The van der Waals surface area contributed by atoms with Crippen molar-refractivity contribution in [2.75, 3.05) is 25.0 Å². The molecule has 1 heterocycles.